The smallest absolute Gasteiger partial charge is 0.214 e. The second-order valence-electron chi connectivity index (χ2n) is 4.68. The molecule has 1 aliphatic rings. The standard InChI is InChI=1S/C11H24N2O2S/c1-4-10-16(14,15)13-8-6-12(7-9-13)11(3)5-2/h11H,4-10H2,1-3H3/p+1/t11-/m1/s1. The maximum Gasteiger partial charge on any atom is 0.214 e. The lowest BCUT2D eigenvalue weighted by molar-refractivity contribution is -0.927. The monoisotopic (exact) mass is 249 g/mol. The molecule has 1 fully saturated rings. The molecule has 96 valence electrons. The van der Waals surface area contributed by atoms with Crippen LogP contribution in [0.2, 0.25) is 0 Å². The lowest BCUT2D eigenvalue weighted by atomic mass is 10.2. The summed E-state index contributed by atoms with van der Waals surface area (Å²) in [6.45, 7) is 9.65. The minimum absolute atomic E-state index is 0.297. The van der Waals surface area contributed by atoms with Gasteiger partial charge in [-0.2, -0.15) is 4.31 Å². The van der Waals surface area contributed by atoms with Crippen molar-refractivity contribution < 1.29 is 13.3 Å². The lowest BCUT2D eigenvalue weighted by Crippen LogP contribution is -3.17. The maximum absolute atomic E-state index is 11.8. The Morgan fingerprint density at radius 1 is 1.25 bits per heavy atom. The van der Waals surface area contributed by atoms with Crippen LogP contribution < -0.4 is 4.90 Å². The molecule has 16 heavy (non-hydrogen) atoms. The van der Waals surface area contributed by atoms with E-state index in [9.17, 15) is 8.42 Å². The van der Waals surface area contributed by atoms with E-state index in [2.05, 4.69) is 13.8 Å². The van der Waals surface area contributed by atoms with Gasteiger partial charge in [-0.25, -0.2) is 8.42 Å². The van der Waals surface area contributed by atoms with Crippen LogP contribution in [0.4, 0.5) is 0 Å². The molecule has 1 aliphatic heterocycles. The summed E-state index contributed by atoms with van der Waals surface area (Å²) in [7, 11) is -2.97. The van der Waals surface area contributed by atoms with Crippen LogP contribution in [-0.4, -0.2) is 50.7 Å². The Labute approximate surface area is 99.7 Å². The first kappa shape index (κ1) is 13.9. The van der Waals surface area contributed by atoms with Gasteiger partial charge < -0.3 is 4.90 Å². The number of sulfonamides is 1. The molecular formula is C11H25N2O2S+. The van der Waals surface area contributed by atoms with Gasteiger partial charge in [-0.1, -0.05) is 13.8 Å². The van der Waals surface area contributed by atoms with Crippen molar-refractivity contribution in [2.75, 3.05) is 31.9 Å². The highest BCUT2D eigenvalue weighted by Crippen LogP contribution is 2.03. The van der Waals surface area contributed by atoms with Gasteiger partial charge in [-0.3, -0.25) is 0 Å². The zero-order valence-electron chi connectivity index (χ0n) is 10.7. The lowest BCUT2D eigenvalue weighted by Gasteiger charge is -2.34. The third kappa shape index (κ3) is 3.43. The average molecular weight is 249 g/mol. The van der Waals surface area contributed by atoms with E-state index < -0.39 is 10.0 Å². The van der Waals surface area contributed by atoms with Crippen molar-refractivity contribution in [3.05, 3.63) is 0 Å². The molecule has 0 amide bonds. The molecule has 1 atom stereocenters. The van der Waals surface area contributed by atoms with Gasteiger partial charge in [0, 0.05) is 0 Å². The molecule has 0 spiro atoms. The SMILES string of the molecule is CCCS(=O)(=O)N1CC[NH+]([C@H](C)CC)CC1. The Kier molecular flexibility index (Phi) is 5.21. The summed E-state index contributed by atoms with van der Waals surface area (Å²) >= 11 is 0. The Bertz CT molecular complexity index is 295. The van der Waals surface area contributed by atoms with E-state index in [0.717, 1.165) is 19.5 Å². The van der Waals surface area contributed by atoms with Gasteiger partial charge in [-0.15, -0.1) is 0 Å². The van der Waals surface area contributed by atoms with Crippen LogP contribution in [0, 0.1) is 0 Å². The molecule has 0 unspecified atom stereocenters. The number of piperazine rings is 1. The first-order valence-electron chi connectivity index (χ1n) is 6.33. The Hall–Kier alpha value is -0.130. The predicted molar refractivity (Wildman–Crippen MR) is 66.1 cm³/mol. The maximum atomic E-state index is 11.8. The van der Waals surface area contributed by atoms with Gasteiger partial charge in [-0.05, 0) is 19.8 Å². The first-order valence-corrected chi connectivity index (χ1v) is 7.94. The molecule has 5 heteroatoms. The molecule has 1 N–H and O–H groups in total. The second-order valence-corrected chi connectivity index (χ2v) is 6.77. The number of quaternary nitrogens is 1. The highest BCUT2D eigenvalue weighted by molar-refractivity contribution is 7.89. The summed E-state index contributed by atoms with van der Waals surface area (Å²) in [5.74, 6) is 0.297. The molecule has 0 bridgehead atoms. The number of hydrogen-bond donors (Lipinski definition) is 1. The van der Waals surface area contributed by atoms with Crippen LogP contribution in [0.15, 0.2) is 0 Å². The van der Waals surface area contributed by atoms with E-state index in [1.54, 1.807) is 9.21 Å². The zero-order chi connectivity index (χ0) is 12.2. The Balaban J connectivity index is 2.49. The van der Waals surface area contributed by atoms with E-state index in [1.807, 2.05) is 6.92 Å². The van der Waals surface area contributed by atoms with E-state index in [0.29, 0.717) is 31.3 Å². The molecule has 1 saturated heterocycles. The van der Waals surface area contributed by atoms with Crippen LogP contribution in [0.3, 0.4) is 0 Å². The van der Waals surface area contributed by atoms with Gasteiger partial charge in [0.1, 0.15) is 0 Å². The van der Waals surface area contributed by atoms with Crippen LogP contribution in [0.5, 0.6) is 0 Å². The van der Waals surface area contributed by atoms with Crippen molar-refractivity contribution in [3.63, 3.8) is 0 Å². The minimum Gasteiger partial charge on any atom is -0.331 e. The highest BCUT2D eigenvalue weighted by atomic mass is 32.2. The second kappa shape index (κ2) is 5.98. The molecular weight excluding hydrogens is 224 g/mol. The molecule has 0 aromatic heterocycles. The first-order chi connectivity index (χ1) is 7.51. The highest BCUT2D eigenvalue weighted by Gasteiger charge is 2.29. The fourth-order valence-corrected chi connectivity index (χ4v) is 3.73. The summed E-state index contributed by atoms with van der Waals surface area (Å²) in [6, 6.07) is 0.649. The van der Waals surface area contributed by atoms with Crippen LogP contribution in [0.25, 0.3) is 0 Å². The van der Waals surface area contributed by atoms with Crippen LogP contribution in [-0.2, 0) is 10.0 Å². The number of hydrogen-bond acceptors (Lipinski definition) is 2. The topological polar surface area (TPSA) is 41.8 Å². The molecule has 0 aliphatic carbocycles. The third-order valence-electron chi connectivity index (χ3n) is 3.53. The van der Waals surface area contributed by atoms with Crippen molar-refractivity contribution in [2.24, 2.45) is 0 Å². The van der Waals surface area contributed by atoms with E-state index in [4.69, 9.17) is 0 Å². The summed E-state index contributed by atoms with van der Waals surface area (Å²) in [6.07, 6.45) is 1.87. The van der Waals surface area contributed by atoms with Gasteiger partial charge in [0.15, 0.2) is 0 Å². The van der Waals surface area contributed by atoms with Crippen LogP contribution >= 0.6 is 0 Å². The van der Waals surface area contributed by atoms with Crippen molar-refractivity contribution in [3.8, 4) is 0 Å². The average Bonchev–Trinajstić information content (AvgIpc) is 2.28. The molecule has 4 nitrogen and oxygen atoms in total. The fraction of sp³-hybridized carbons (Fsp3) is 1.00. The molecule has 1 heterocycles. The third-order valence-corrected chi connectivity index (χ3v) is 5.61. The van der Waals surface area contributed by atoms with Gasteiger partial charge in [0.25, 0.3) is 0 Å². The summed E-state index contributed by atoms with van der Waals surface area (Å²) < 4.78 is 25.4. The summed E-state index contributed by atoms with van der Waals surface area (Å²) in [5.41, 5.74) is 0. The van der Waals surface area contributed by atoms with Gasteiger partial charge in [0.05, 0.1) is 38.0 Å². The molecule has 0 saturated carbocycles. The van der Waals surface area contributed by atoms with E-state index in [1.165, 1.54) is 0 Å². The molecule has 0 aromatic rings. The van der Waals surface area contributed by atoms with Gasteiger partial charge in [0.2, 0.25) is 10.0 Å². The van der Waals surface area contributed by atoms with Crippen molar-refractivity contribution in [2.45, 2.75) is 39.7 Å². The fourth-order valence-electron chi connectivity index (χ4n) is 2.22. The van der Waals surface area contributed by atoms with Crippen molar-refractivity contribution in [1.29, 1.82) is 0 Å². The molecule has 0 aromatic carbocycles. The largest absolute Gasteiger partial charge is 0.331 e. The van der Waals surface area contributed by atoms with E-state index in [-0.39, 0.29) is 0 Å². The normalized spacial score (nSPS) is 22.2. The summed E-state index contributed by atoms with van der Waals surface area (Å²) in [4.78, 5) is 1.55. The van der Waals surface area contributed by atoms with Crippen LogP contribution in [0.1, 0.15) is 33.6 Å². The molecule has 1 rings (SSSR count). The van der Waals surface area contributed by atoms with Crippen molar-refractivity contribution >= 4 is 10.0 Å². The zero-order valence-corrected chi connectivity index (χ0v) is 11.5. The Morgan fingerprint density at radius 3 is 2.25 bits per heavy atom. The number of rotatable bonds is 5. The van der Waals surface area contributed by atoms with Crippen molar-refractivity contribution in [1.82, 2.24) is 4.31 Å². The van der Waals surface area contributed by atoms with Gasteiger partial charge >= 0.3 is 0 Å². The number of nitrogens with one attached hydrogen (secondary N) is 1. The number of nitrogens with zero attached hydrogens (tertiary/aromatic N) is 1. The Morgan fingerprint density at radius 2 is 1.81 bits per heavy atom. The quantitative estimate of drug-likeness (QED) is 0.728. The predicted octanol–water partition coefficient (Wildman–Crippen LogP) is -0.275. The minimum atomic E-state index is -2.97. The summed E-state index contributed by atoms with van der Waals surface area (Å²) in [5, 5.41) is 0. The molecule has 0 radical (unpaired) electrons. The van der Waals surface area contributed by atoms with E-state index >= 15 is 0 Å².